The molecule has 7 heteroatoms. The molecule has 1 aromatic carbocycles. The second-order valence-corrected chi connectivity index (χ2v) is 8.20. The molecule has 0 N–H and O–H groups in total. The molecule has 4 heterocycles. The fraction of sp³-hybridized carbons (Fsp3) is 0.435. The molecule has 0 unspecified atom stereocenters. The van der Waals surface area contributed by atoms with E-state index in [1.54, 1.807) is 6.92 Å². The van der Waals surface area contributed by atoms with Gasteiger partial charge in [0.2, 0.25) is 5.76 Å². The number of benzene rings is 1. The van der Waals surface area contributed by atoms with Crippen LogP contribution in [0.4, 0.5) is 11.5 Å². The Bertz CT molecular complexity index is 1110. The van der Waals surface area contributed by atoms with Crippen LogP contribution in [0.1, 0.15) is 34.6 Å². The van der Waals surface area contributed by atoms with Crippen molar-refractivity contribution in [2.75, 3.05) is 49.6 Å². The number of hydrogen-bond donors (Lipinski definition) is 0. The summed E-state index contributed by atoms with van der Waals surface area (Å²) >= 11 is 0. The third-order valence-electron chi connectivity index (χ3n) is 6.22. The number of rotatable bonds is 3. The summed E-state index contributed by atoms with van der Waals surface area (Å²) in [5, 5.41) is 2.28. The number of amides is 1. The standard InChI is InChI=1S/C23H27N5O2/c1-4-19-21(30-15(2)25-19)23(29)28-8-6-17-13-16-5-7-24-22(18(16)14-20(17)28)27-11-9-26(3)10-12-27/h5,7,13-14H,4,6,8-12H2,1-3H3. The number of likely N-dealkylation sites (N-methyl/N-ethyl adjacent to an activating group) is 1. The van der Waals surface area contributed by atoms with E-state index in [-0.39, 0.29) is 5.91 Å². The molecule has 30 heavy (non-hydrogen) atoms. The minimum atomic E-state index is -0.101. The van der Waals surface area contributed by atoms with Crippen molar-refractivity contribution >= 4 is 28.2 Å². The highest BCUT2D eigenvalue weighted by molar-refractivity contribution is 6.08. The molecule has 2 aromatic heterocycles. The molecule has 0 bridgehead atoms. The predicted octanol–water partition coefficient (Wildman–Crippen LogP) is 3.05. The molecule has 2 aliphatic rings. The molecular formula is C23H27N5O2. The lowest BCUT2D eigenvalue weighted by molar-refractivity contribution is 0.0960. The van der Waals surface area contributed by atoms with Gasteiger partial charge < -0.3 is 19.1 Å². The van der Waals surface area contributed by atoms with Gasteiger partial charge >= 0.3 is 0 Å². The topological polar surface area (TPSA) is 65.7 Å². The highest BCUT2D eigenvalue weighted by Crippen LogP contribution is 2.36. The monoisotopic (exact) mass is 405 g/mol. The smallest absolute Gasteiger partial charge is 0.296 e. The molecule has 1 saturated heterocycles. The van der Waals surface area contributed by atoms with Gasteiger partial charge in [0.1, 0.15) is 5.82 Å². The summed E-state index contributed by atoms with van der Waals surface area (Å²) in [6.45, 7) is 8.41. The van der Waals surface area contributed by atoms with E-state index in [2.05, 4.69) is 40.0 Å². The van der Waals surface area contributed by atoms with Crippen molar-refractivity contribution < 1.29 is 9.21 Å². The van der Waals surface area contributed by atoms with E-state index >= 15 is 0 Å². The zero-order valence-corrected chi connectivity index (χ0v) is 17.8. The van der Waals surface area contributed by atoms with Gasteiger partial charge in [0.05, 0.1) is 5.69 Å². The first-order chi connectivity index (χ1) is 14.5. The summed E-state index contributed by atoms with van der Waals surface area (Å²) in [7, 11) is 2.15. The first-order valence-electron chi connectivity index (χ1n) is 10.7. The van der Waals surface area contributed by atoms with E-state index in [0.717, 1.165) is 55.2 Å². The Morgan fingerprint density at radius 3 is 2.73 bits per heavy atom. The van der Waals surface area contributed by atoms with Crippen LogP contribution in [0.15, 0.2) is 28.8 Å². The third kappa shape index (κ3) is 3.13. The van der Waals surface area contributed by atoms with E-state index in [1.165, 1.54) is 10.9 Å². The van der Waals surface area contributed by atoms with Crippen molar-refractivity contribution in [3.63, 3.8) is 0 Å². The molecule has 0 aliphatic carbocycles. The van der Waals surface area contributed by atoms with E-state index < -0.39 is 0 Å². The lowest BCUT2D eigenvalue weighted by atomic mass is 10.1. The van der Waals surface area contributed by atoms with Gasteiger partial charge in [0.15, 0.2) is 5.89 Å². The minimum absolute atomic E-state index is 0.101. The average molecular weight is 406 g/mol. The van der Waals surface area contributed by atoms with Crippen LogP contribution in [0.5, 0.6) is 0 Å². The van der Waals surface area contributed by atoms with Crippen LogP contribution in [-0.4, -0.2) is 60.5 Å². The molecule has 1 amide bonds. The average Bonchev–Trinajstić information content (AvgIpc) is 3.34. The van der Waals surface area contributed by atoms with Gasteiger partial charge in [-0.1, -0.05) is 6.92 Å². The van der Waals surface area contributed by atoms with Gasteiger partial charge in [-0.15, -0.1) is 0 Å². The Morgan fingerprint density at radius 2 is 1.97 bits per heavy atom. The molecule has 0 radical (unpaired) electrons. The fourth-order valence-corrected chi connectivity index (χ4v) is 4.53. The van der Waals surface area contributed by atoms with Crippen molar-refractivity contribution in [2.45, 2.75) is 26.7 Å². The fourth-order valence-electron chi connectivity index (χ4n) is 4.53. The van der Waals surface area contributed by atoms with Gasteiger partial charge in [-0.25, -0.2) is 9.97 Å². The number of aryl methyl sites for hydroxylation is 2. The Balaban J connectivity index is 1.55. The maximum Gasteiger partial charge on any atom is 0.296 e. The number of carbonyl (C=O) groups is 1. The van der Waals surface area contributed by atoms with Gasteiger partial charge in [0, 0.05) is 56.9 Å². The molecule has 0 saturated carbocycles. The Morgan fingerprint density at radius 1 is 1.17 bits per heavy atom. The maximum atomic E-state index is 13.3. The molecule has 2 aliphatic heterocycles. The molecule has 5 rings (SSSR count). The molecular weight excluding hydrogens is 378 g/mol. The number of piperazine rings is 1. The van der Waals surface area contributed by atoms with Gasteiger partial charge in [0.25, 0.3) is 5.91 Å². The van der Waals surface area contributed by atoms with E-state index in [9.17, 15) is 4.79 Å². The predicted molar refractivity (Wildman–Crippen MR) is 117 cm³/mol. The van der Waals surface area contributed by atoms with Crippen LogP contribution >= 0.6 is 0 Å². The minimum Gasteiger partial charge on any atom is -0.436 e. The molecule has 1 fully saturated rings. The van der Waals surface area contributed by atoms with Gasteiger partial charge in [-0.05, 0) is 49.0 Å². The maximum absolute atomic E-state index is 13.3. The molecule has 0 spiro atoms. The van der Waals surface area contributed by atoms with Crippen LogP contribution in [0.2, 0.25) is 0 Å². The molecule has 0 atom stereocenters. The van der Waals surface area contributed by atoms with Crippen LogP contribution in [0.3, 0.4) is 0 Å². The zero-order chi connectivity index (χ0) is 20.8. The number of anilines is 2. The summed E-state index contributed by atoms with van der Waals surface area (Å²) in [4.78, 5) is 28.9. The number of pyridine rings is 1. The summed E-state index contributed by atoms with van der Waals surface area (Å²) in [6.07, 6.45) is 3.41. The van der Waals surface area contributed by atoms with Crippen LogP contribution < -0.4 is 9.80 Å². The number of oxazole rings is 1. The zero-order valence-electron chi connectivity index (χ0n) is 17.8. The number of hydrogen-bond acceptors (Lipinski definition) is 6. The number of aromatic nitrogens is 2. The molecule has 156 valence electrons. The summed E-state index contributed by atoms with van der Waals surface area (Å²) in [5.74, 6) is 1.81. The lowest BCUT2D eigenvalue weighted by Crippen LogP contribution is -2.44. The quantitative estimate of drug-likeness (QED) is 0.667. The van der Waals surface area contributed by atoms with Crippen LogP contribution in [0.25, 0.3) is 10.8 Å². The molecule has 7 nitrogen and oxygen atoms in total. The Hall–Kier alpha value is -2.93. The first-order valence-corrected chi connectivity index (χ1v) is 10.7. The normalized spacial score (nSPS) is 17.0. The second kappa shape index (κ2) is 7.40. The van der Waals surface area contributed by atoms with Gasteiger partial charge in [-0.3, -0.25) is 4.79 Å². The van der Waals surface area contributed by atoms with E-state index in [0.29, 0.717) is 24.6 Å². The van der Waals surface area contributed by atoms with Crippen molar-refractivity contribution in [1.29, 1.82) is 0 Å². The highest BCUT2D eigenvalue weighted by atomic mass is 16.4. The van der Waals surface area contributed by atoms with Gasteiger partial charge in [-0.2, -0.15) is 0 Å². The highest BCUT2D eigenvalue weighted by Gasteiger charge is 2.31. The Labute approximate surface area is 176 Å². The Kier molecular flexibility index (Phi) is 4.70. The summed E-state index contributed by atoms with van der Waals surface area (Å²) < 4.78 is 5.68. The number of carbonyl (C=O) groups excluding carboxylic acids is 1. The first kappa shape index (κ1) is 19.1. The van der Waals surface area contributed by atoms with E-state index in [1.807, 2.05) is 18.0 Å². The number of fused-ring (bicyclic) bond motifs is 2. The molecule has 3 aromatic rings. The van der Waals surface area contributed by atoms with Crippen molar-refractivity contribution in [2.24, 2.45) is 0 Å². The van der Waals surface area contributed by atoms with Crippen molar-refractivity contribution in [3.05, 3.63) is 47.3 Å². The van der Waals surface area contributed by atoms with Crippen LogP contribution in [-0.2, 0) is 12.8 Å². The third-order valence-corrected chi connectivity index (χ3v) is 6.22. The summed E-state index contributed by atoms with van der Waals surface area (Å²) in [5.41, 5.74) is 2.89. The second-order valence-electron chi connectivity index (χ2n) is 8.20. The van der Waals surface area contributed by atoms with Crippen molar-refractivity contribution in [3.8, 4) is 0 Å². The number of nitrogens with zero attached hydrogens (tertiary/aromatic N) is 5. The largest absolute Gasteiger partial charge is 0.436 e. The lowest BCUT2D eigenvalue weighted by Gasteiger charge is -2.33. The van der Waals surface area contributed by atoms with Crippen LogP contribution in [0, 0.1) is 6.92 Å². The summed E-state index contributed by atoms with van der Waals surface area (Å²) in [6, 6.07) is 6.42. The van der Waals surface area contributed by atoms with E-state index in [4.69, 9.17) is 9.40 Å². The van der Waals surface area contributed by atoms with Crippen molar-refractivity contribution in [1.82, 2.24) is 14.9 Å². The SMILES string of the molecule is CCc1nc(C)oc1C(=O)N1CCc2cc3ccnc(N4CCN(C)CC4)c3cc21.